The number of fused-ring (bicyclic) bond motifs is 2. The van der Waals surface area contributed by atoms with Crippen molar-refractivity contribution in [2.75, 3.05) is 23.0 Å². The van der Waals surface area contributed by atoms with E-state index in [0.717, 1.165) is 4.31 Å². The molecule has 4 rings (SSSR count). The third-order valence-corrected chi connectivity index (χ3v) is 11.0. The number of rotatable bonds is 2. The first-order valence-corrected chi connectivity index (χ1v) is 13.8. The zero-order valence-electron chi connectivity index (χ0n) is 13.4. The summed E-state index contributed by atoms with van der Waals surface area (Å²) in [6, 6.07) is 3.23. The molecular weight excluding hydrogens is 468 g/mol. The Kier molecular flexibility index (Phi) is 4.33. The SMILES string of the molecule is O=S1(=O)C[C@@H]2N[C@@H]3CS(=O)(=O)C[C@H]3N(S(=O)(=O)c3ccc(Br)cc3)[C@@H]2C1. The van der Waals surface area contributed by atoms with Crippen LogP contribution < -0.4 is 5.32 Å². The second-order valence-electron chi connectivity index (χ2n) is 6.96. The average molecular weight is 485 g/mol. The highest BCUT2D eigenvalue weighted by Crippen LogP contribution is 2.36. The van der Waals surface area contributed by atoms with Crippen molar-refractivity contribution in [1.29, 1.82) is 0 Å². The van der Waals surface area contributed by atoms with Crippen LogP contribution in [0.2, 0.25) is 0 Å². The fourth-order valence-electron chi connectivity index (χ4n) is 4.08. The molecule has 0 aromatic heterocycles. The first-order chi connectivity index (χ1) is 12.0. The van der Waals surface area contributed by atoms with Crippen LogP contribution in [0.1, 0.15) is 0 Å². The highest BCUT2D eigenvalue weighted by atomic mass is 79.9. The van der Waals surface area contributed by atoms with Crippen molar-refractivity contribution in [3.8, 4) is 0 Å². The quantitative estimate of drug-likeness (QED) is 0.593. The molecule has 3 saturated heterocycles. The fraction of sp³-hybridized carbons (Fsp3) is 0.571. The Balaban J connectivity index is 1.83. The molecule has 0 saturated carbocycles. The van der Waals surface area contributed by atoms with E-state index in [4.69, 9.17) is 0 Å². The Morgan fingerprint density at radius 1 is 0.885 bits per heavy atom. The van der Waals surface area contributed by atoms with Crippen molar-refractivity contribution in [1.82, 2.24) is 9.62 Å². The number of benzene rings is 1. The van der Waals surface area contributed by atoms with Crippen molar-refractivity contribution in [3.63, 3.8) is 0 Å². The summed E-state index contributed by atoms with van der Waals surface area (Å²) in [5.74, 6) is -0.978. The molecule has 3 heterocycles. The molecule has 3 aliphatic rings. The van der Waals surface area contributed by atoms with Crippen LogP contribution in [0.15, 0.2) is 33.6 Å². The Hall–Kier alpha value is -0.530. The lowest BCUT2D eigenvalue weighted by molar-refractivity contribution is 0.160. The number of hydrogen-bond donors (Lipinski definition) is 1. The molecule has 0 unspecified atom stereocenters. The lowest BCUT2D eigenvalue weighted by atomic mass is 10.0. The van der Waals surface area contributed by atoms with E-state index < -0.39 is 53.9 Å². The maximum absolute atomic E-state index is 13.3. The summed E-state index contributed by atoms with van der Waals surface area (Å²) in [6.07, 6.45) is 0. The van der Waals surface area contributed by atoms with E-state index in [2.05, 4.69) is 21.2 Å². The van der Waals surface area contributed by atoms with E-state index in [1.165, 1.54) is 12.1 Å². The van der Waals surface area contributed by atoms with Crippen molar-refractivity contribution < 1.29 is 25.3 Å². The van der Waals surface area contributed by atoms with E-state index in [0.29, 0.717) is 4.47 Å². The Morgan fingerprint density at radius 3 is 1.81 bits per heavy atom. The van der Waals surface area contributed by atoms with Gasteiger partial charge in [0.25, 0.3) is 0 Å². The van der Waals surface area contributed by atoms with Gasteiger partial charge in [-0.3, -0.25) is 0 Å². The molecule has 3 aliphatic heterocycles. The molecule has 3 fully saturated rings. The first-order valence-electron chi connectivity index (χ1n) is 7.95. The van der Waals surface area contributed by atoms with Gasteiger partial charge in [-0.05, 0) is 24.3 Å². The number of nitrogens with one attached hydrogen (secondary N) is 1. The number of hydrogen-bond acceptors (Lipinski definition) is 7. The molecule has 12 heteroatoms. The normalized spacial score (nSPS) is 35.7. The molecule has 1 aromatic carbocycles. The second kappa shape index (κ2) is 5.98. The number of sulfonamides is 1. The molecule has 0 radical (unpaired) electrons. The van der Waals surface area contributed by atoms with Crippen LogP contribution in [0, 0.1) is 0 Å². The zero-order chi connectivity index (χ0) is 18.9. The Labute approximate surface area is 161 Å². The molecule has 1 N–H and O–H groups in total. The van der Waals surface area contributed by atoms with E-state index in [1.54, 1.807) is 12.1 Å². The van der Waals surface area contributed by atoms with Gasteiger partial charge in [0, 0.05) is 16.6 Å². The standard InChI is InChI=1S/C14H17BrN2O6S3/c15-9-1-3-10(4-2-9)26(22,23)17-13-7-24(18,19)5-11(13)16-12-6-25(20,21)8-14(12)17/h1-4,11-14,16H,5-8H2/t11-,12+,13-,14-/m1/s1. The van der Waals surface area contributed by atoms with Crippen molar-refractivity contribution in [2.24, 2.45) is 0 Å². The van der Waals surface area contributed by atoms with Gasteiger partial charge < -0.3 is 5.32 Å². The van der Waals surface area contributed by atoms with Crippen LogP contribution in [0.3, 0.4) is 0 Å². The highest BCUT2D eigenvalue weighted by molar-refractivity contribution is 9.10. The van der Waals surface area contributed by atoms with Gasteiger partial charge in [0.2, 0.25) is 10.0 Å². The van der Waals surface area contributed by atoms with Crippen molar-refractivity contribution >= 4 is 45.6 Å². The molecular formula is C14H17BrN2O6S3. The highest BCUT2D eigenvalue weighted by Gasteiger charge is 2.57. The van der Waals surface area contributed by atoms with Gasteiger partial charge in [-0.2, -0.15) is 4.31 Å². The predicted octanol–water partition coefficient (Wildman–Crippen LogP) is -0.626. The molecule has 26 heavy (non-hydrogen) atoms. The first kappa shape index (κ1) is 18.8. The lowest BCUT2D eigenvalue weighted by Gasteiger charge is -2.43. The summed E-state index contributed by atoms with van der Waals surface area (Å²) < 4.78 is 76.9. The molecule has 8 nitrogen and oxygen atoms in total. The van der Waals surface area contributed by atoms with E-state index in [-0.39, 0.29) is 27.9 Å². The van der Waals surface area contributed by atoms with Crippen LogP contribution in [-0.2, 0) is 29.7 Å². The van der Waals surface area contributed by atoms with Gasteiger partial charge in [0.1, 0.15) is 0 Å². The Bertz CT molecular complexity index is 1000. The van der Waals surface area contributed by atoms with Crippen molar-refractivity contribution in [3.05, 3.63) is 28.7 Å². The zero-order valence-corrected chi connectivity index (χ0v) is 17.5. The summed E-state index contributed by atoms with van der Waals surface area (Å²) in [5, 5.41) is 3.08. The Morgan fingerprint density at radius 2 is 1.35 bits per heavy atom. The summed E-state index contributed by atoms with van der Waals surface area (Å²) in [4.78, 5) is 0.0219. The smallest absolute Gasteiger partial charge is 0.243 e. The largest absolute Gasteiger partial charge is 0.306 e. The van der Waals surface area contributed by atoms with Gasteiger partial charge >= 0.3 is 0 Å². The summed E-state index contributed by atoms with van der Waals surface area (Å²) in [6.45, 7) is 0. The maximum atomic E-state index is 13.3. The molecule has 4 atom stereocenters. The summed E-state index contributed by atoms with van der Waals surface area (Å²) in [7, 11) is -10.8. The molecule has 0 aliphatic carbocycles. The van der Waals surface area contributed by atoms with Crippen LogP contribution in [-0.4, -0.2) is 76.7 Å². The van der Waals surface area contributed by atoms with Crippen LogP contribution >= 0.6 is 15.9 Å². The predicted molar refractivity (Wildman–Crippen MR) is 98.8 cm³/mol. The minimum Gasteiger partial charge on any atom is -0.306 e. The fourth-order valence-corrected chi connectivity index (χ4v) is 10.2. The average Bonchev–Trinajstić information content (AvgIpc) is 2.96. The minimum absolute atomic E-state index is 0.0219. The third-order valence-electron chi connectivity index (χ3n) is 5.12. The van der Waals surface area contributed by atoms with E-state index in [9.17, 15) is 25.3 Å². The number of nitrogens with zero attached hydrogens (tertiary/aromatic N) is 1. The number of halogens is 1. The third kappa shape index (κ3) is 3.14. The maximum Gasteiger partial charge on any atom is 0.243 e. The topological polar surface area (TPSA) is 118 Å². The van der Waals surface area contributed by atoms with Gasteiger partial charge in [-0.25, -0.2) is 25.3 Å². The minimum atomic E-state index is -4.04. The molecule has 1 aromatic rings. The second-order valence-corrected chi connectivity index (χ2v) is 14.0. The van der Waals surface area contributed by atoms with Gasteiger partial charge in [0.05, 0.1) is 40.0 Å². The molecule has 144 valence electrons. The van der Waals surface area contributed by atoms with Crippen molar-refractivity contribution in [2.45, 2.75) is 29.1 Å². The van der Waals surface area contributed by atoms with Crippen LogP contribution in [0.5, 0.6) is 0 Å². The number of piperazine rings is 1. The molecule has 0 bridgehead atoms. The van der Waals surface area contributed by atoms with Crippen LogP contribution in [0.4, 0.5) is 0 Å². The van der Waals surface area contributed by atoms with E-state index >= 15 is 0 Å². The van der Waals surface area contributed by atoms with Gasteiger partial charge in [-0.1, -0.05) is 15.9 Å². The monoisotopic (exact) mass is 484 g/mol. The summed E-state index contributed by atoms with van der Waals surface area (Å²) >= 11 is 3.25. The van der Waals surface area contributed by atoms with Crippen LogP contribution in [0.25, 0.3) is 0 Å². The van der Waals surface area contributed by atoms with E-state index in [1.807, 2.05) is 0 Å². The lowest BCUT2D eigenvalue weighted by Crippen LogP contribution is -2.67. The molecule has 0 amide bonds. The van der Waals surface area contributed by atoms with Gasteiger partial charge in [-0.15, -0.1) is 0 Å². The van der Waals surface area contributed by atoms with Gasteiger partial charge in [0.15, 0.2) is 19.7 Å². The molecule has 0 spiro atoms. The summed E-state index contributed by atoms with van der Waals surface area (Å²) in [5.41, 5.74) is 0. The number of sulfone groups is 2.